The van der Waals surface area contributed by atoms with Crippen molar-refractivity contribution in [1.82, 2.24) is 9.97 Å². The molecule has 0 spiro atoms. The second-order valence-electron chi connectivity index (χ2n) is 8.43. The molecule has 3 rings (SSSR count). The van der Waals surface area contributed by atoms with Crippen LogP contribution >= 0.6 is 0 Å². The number of carbonyl (C=O) groups excluding carboxylic acids is 1. The quantitative estimate of drug-likeness (QED) is 0.556. The van der Waals surface area contributed by atoms with Crippen molar-refractivity contribution in [3.63, 3.8) is 0 Å². The lowest BCUT2D eigenvalue weighted by atomic mass is 9.84. The number of aryl methyl sites for hydroxylation is 2. The highest BCUT2D eigenvalue weighted by molar-refractivity contribution is 5.97. The largest absolute Gasteiger partial charge is 0.390 e. The number of pyridine rings is 1. The van der Waals surface area contributed by atoms with Gasteiger partial charge in [0.15, 0.2) is 0 Å². The highest BCUT2D eigenvalue weighted by Crippen LogP contribution is 2.32. The zero-order valence-corrected chi connectivity index (χ0v) is 17.0. The van der Waals surface area contributed by atoms with Crippen molar-refractivity contribution in [1.29, 1.82) is 0 Å². The Morgan fingerprint density at radius 3 is 2.54 bits per heavy atom. The van der Waals surface area contributed by atoms with Crippen LogP contribution in [-0.2, 0) is 4.79 Å². The average molecular weight is 380 g/mol. The van der Waals surface area contributed by atoms with Crippen LogP contribution in [-0.4, -0.2) is 33.1 Å². The van der Waals surface area contributed by atoms with E-state index in [1.54, 1.807) is 6.20 Å². The molecule has 5 N–H and O–H groups in total. The Bertz CT molecular complexity index is 1020. The lowest BCUT2D eigenvalue weighted by Crippen LogP contribution is -2.50. The molecule has 2 aromatic heterocycles. The minimum Gasteiger partial charge on any atom is -0.390 e. The summed E-state index contributed by atoms with van der Waals surface area (Å²) in [5.74, 6) is -0.401. The fourth-order valence-corrected chi connectivity index (χ4v) is 3.34. The molecule has 1 amide bonds. The molecule has 0 fully saturated rings. The number of aromatic nitrogens is 2. The maximum atomic E-state index is 12.4. The first-order valence-corrected chi connectivity index (χ1v) is 9.38. The number of nitrogens with one attached hydrogen (secondary N) is 2. The standard InChI is InChI=1S/C22H28N4O2/c1-12-10-14(26-21(28)18(23)19(27)22(3,4)5)6-7-15(12)16-8-9-24-20-17(16)11-13(2)25-20/h6-11,18-19,27H,23H2,1-5H3,(H,24,25)(H,26,28). The molecule has 3 aromatic rings. The summed E-state index contributed by atoms with van der Waals surface area (Å²) in [6, 6.07) is 8.82. The van der Waals surface area contributed by atoms with Crippen molar-refractivity contribution in [3.8, 4) is 11.1 Å². The molecule has 0 aliphatic heterocycles. The summed E-state index contributed by atoms with van der Waals surface area (Å²) in [6.45, 7) is 9.55. The van der Waals surface area contributed by atoms with Crippen molar-refractivity contribution >= 4 is 22.6 Å². The van der Waals surface area contributed by atoms with Crippen LogP contribution in [0.1, 0.15) is 32.0 Å². The number of hydrogen-bond acceptors (Lipinski definition) is 4. The van der Waals surface area contributed by atoms with Crippen LogP contribution in [0.3, 0.4) is 0 Å². The van der Waals surface area contributed by atoms with E-state index in [2.05, 4.69) is 21.4 Å². The predicted octanol–water partition coefficient (Wildman–Crippen LogP) is 3.52. The number of fused-ring (bicyclic) bond motifs is 1. The Hall–Kier alpha value is -2.70. The van der Waals surface area contributed by atoms with Gasteiger partial charge in [-0.2, -0.15) is 0 Å². The summed E-state index contributed by atoms with van der Waals surface area (Å²) >= 11 is 0. The van der Waals surface area contributed by atoms with Gasteiger partial charge in [-0.1, -0.05) is 26.8 Å². The number of aromatic amines is 1. The van der Waals surface area contributed by atoms with Crippen LogP contribution < -0.4 is 11.1 Å². The van der Waals surface area contributed by atoms with E-state index >= 15 is 0 Å². The predicted molar refractivity (Wildman–Crippen MR) is 113 cm³/mol. The second kappa shape index (κ2) is 7.37. The first-order valence-electron chi connectivity index (χ1n) is 9.38. The van der Waals surface area contributed by atoms with Gasteiger partial charge in [-0.05, 0) is 60.2 Å². The number of benzene rings is 1. The molecule has 6 nitrogen and oxygen atoms in total. The molecule has 2 unspecified atom stereocenters. The lowest BCUT2D eigenvalue weighted by Gasteiger charge is -2.30. The van der Waals surface area contributed by atoms with E-state index < -0.39 is 23.5 Å². The maximum absolute atomic E-state index is 12.4. The molecule has 28 heavy (non-hydrogen) atoms. The minimum atomic E-state index is -0.998. The summed E-state index contributed by atoms with van der Waals surface area (Å²) in [4.78, 5) is 20.1. The molecular weight excluding hydrogens is 352 g/mol. The van der Waals surface area contributed by atoms with E-state index in [1.807, 2.05) is 58.9 Å². The smallest absolute Gasteiger partial charge is 0.243 e. The third kappa shape index (κ3) is 3.93. The Morgan fingerprint density at radius 2 is 1.89 bits per heavy atom. The SMILES string of the molecule is Cc1cc2c(-c3ccc(NC(=O)C(N)C(O)C(C)(C)C)cc3C)ccnc2[nH]1. The summed E-state index contributed by atoms with van der Waals surface area (Å²) < 4.78 is 0. The van der Waals surface area contributed by atoms with Gasteiger partial charge in [0.05, 0.1) is 6.10 Å². The topological polar surface area (TPSA) is 104 Å². The maximum Gasteiger partial charge on any atom is 0.243 e. The third-order valence-electron chi connectivity index (χ3n) is 4.98. The van der Waals surface area contributed by atoms with Crippen molar-refractivity contribution in [2.24, 2.45) is 11.1 Å². The molecule has 0 saturated carbocycles. The van der Waals surface area contributed by atoms with Gasteiger partial charge in [-0.3, -0.25) is 4.79 Å². The number of carbonyl (C=O) groups is 1. The second-order valence-corrected chi connectivity index (χ2v) is 8.43. The molecule has 2 atom stereocenters. The van der Waals surface area contributed by atoms with E-state index in [9.17, 15) is 9.90 Å². The number of H-pyrrole nitrogens is 1. The number of nitrogens with zero attached hydrogens (tertiary/aromatic N) is 1. The Labute approximate surface area is 165 Å². The first kappa shape index (κ1) is 20.0. The van der Waals surface area contributed by atoms with E-state index in [0.29, 0.717) is 5.69 Å². The van der Waals surface area contributed by atoms with Gasteiger partial charge in [0.25, 0.3) is 0 Å². The fourth-order valence-electron chi connectivity index (χ4n) is 3.34. The van der Waals surface area contributed by atoms with Gasteiger partial charge >= 0.3 is 0 Å². The molecule has 2 heterocycles. The Kier molecular flexibility index (Phi) is 5.28. The van der Waals surface area contributed by atoms with Gasteiger partial charge in [0, 0.05) is 23.0 Å². The molecule has 0 aliphatic rings. The van der Waals surface area contributed by atoms with Gasteiger partial charge in [0.2, 0.25) is 5.91 Å². The van der Waals surface area contributed by atoms with Crippen LogP contribution in [0, 0.1) is 19.3 Å². The zero-order valence-electron chi connectivity index (χ0n) is 17.0. The summed E-state index contributed by atoms with van der Waals surface area (Å²) in [5.41, 5.74) is 11.2. The van der Waals surface area contributed by atoms with Gasteiger partial charge in [-0.15, -0.1) is 0 Å². The molecule has 0 bridgehead atoms. The van der Waals surface area contributed by atoms with E-state index in [-0.39, 0.29) is 0 Å². The molecule has 6 heteroatoms. The van der Waals surface area contributed by atoms with E-state index in [1.165, 1.54) is 0 Å². The number of aliphatic hydroxyl groups is 1. The summed E-state index contributed by atoms with van der Waals surface area (Å²) in [6.07, 6.45) is 0.852. The number of amides is 1. The molecule has 0 aliphatic carbocycles. The summed E-state index contributed by atoms with van der Waals surface area (Å²) in [7, 11) is 0. The highest BCUT2D eigenvalue weighted by atomic mass is 16.3. The minimum absolute atomic E-state index is 0.401. The monoisotopic (exact) mass is 380 g/mol. The van der Waals surface area contributed by atoms with Crippen LogP contribution in [0.2, 0.25) is 0 Å². The normalized spacial score (nSPS) is 14.1. The van der Waals surface area contributed by atoms with Crippen molar-refractivity contribution < 1.29 is 9.90 Å². The van der Waals surface area contributed by atoms with Crippen LogP contribution in [0.4, 0.5) is 5.69 Å². The lowest BCUT2D eigenvalue weighted by molar-refractivity contribution is -0.121. The van der Waals surface area contributed by atoms with E-state index in [4.69, 9.17) is 5.73 Å². The fraction of sp³-hybridized carbons (Fsp3) is 0.364. The Balaban J connectivity index is 1.86. The van der Waals surface area contributed by atoms with Crippen molar-refractivity contribution in [2.75, 3.05) is 5.32 Å². The van der Waals surface area contributed by atoms with Crippen molar-refractivity contribution in [2.45, 2.75) is 46.8 Å². The number of anilines is 1. The number of aliphatic hydroxyl groups excluding tert-OH is 1. The van der Waals surface area contributed by atoms with E-state index in [0.717, 1.165) is 33.4 Å². The molecule has 0 radical (unpaired) electrons. The average Bonchev–Trinajstić information content (AvgIpc) is 3.00. The molecule has 1 aromatic carbocycles. The number of hydrogen-bond donors (Lipinski definition) is 4. The van der Waals surface area contributed by atoms with Crippen LogP contribution in [0.5, 0.6) is 0 Å². The Morgan fingerprint density at radius 1 is 1.18 bits per heavy atom. The first-order chi connectivity index (χ1) is 13.1. The number of nitrogens with two attached hydrogens (primary N) is 1. The molecule has 0 saturated heterocycles. The number of rotatable bonds is 4. The third-order valence-corrected chi connectivity index (χ3v) is 4.98. The highest BCUT2D eigenvalue weighted by Gasteiger charge is 2.32. The van der Waals surface area contributed by atoms with Crippen molar-refractivity contribution in [3.05, 3.63) is 47.8 Å². The molecule has 148 valence electrons. The molecular formula is C22H28N4O2. The van der Waals surface area contributed by atoms with Crippen LogP contribution in [0.25, 0.3) is 22.2 Å². The summed E-state index contributed by atoms with van der Waals surface area (Å²) in [5, 5.41) is 14.1. The van der Waals surface area contributed by atoms with Gasteiger partial charge < -0.3 is 21.1 Å². The van der Waals surface area contributed by atoms with Crippen LogP contribution in [0.15, 0.2) is 36.5 Å². The van der Waals surface area contributed by atoms with Gasteiger partial charge in [-0.25, -0.2) is 4.98 Å². The zero-order chi connectivity index (χ0) is 20.6. The van der Waals surface area contributed by atoms with Gasteiger partial charge in [0.1, 0.15) is 11.7 Å².